The van der Waals surface area contributed by atoms with Crippen LogP contribution >= 0.6 is 0 Å². The molecule has 1 amide bonds. The SMILES string of the molecule is COCCOc1cc2c(cc1C(N)=O)C1CCC3(C)C(CC[C@@]34CCC(C)(C)C(=O)O4)C1CC2. The number of amides is 1. The van der Waals surface area contributed by atoms with E-state index in [9.17, 15) is 9.59 Å². The Morgan fingerprint density at radius 1 is 1.09 bits per heavy atom. The van der Waals surface area contributed by atoms with E-state index in [0.717, 1.165) is 51.4 Å². The molecule has 3 aliphatic carbocycles. The minimum atomic E-state index is -0.449. The Kier molecular flexibility index (Phi) is 5.74. The van der Waals surface area contributed by atoms with Gasteiger partial charge in [-0.1, -0.05) is 6.92 Å². The van der Waals surface area contributed by atoms with Crippen molar-refractivity contribution in [3.05, 3.63) is 28.8 Å². The topological polar surface area (TPSA) is 87.9 Å². The van der Waals surface area contributed by atoms with Gasteiger partial charge in [0.1, 0.15) is 18.0 Å². The van der Waals surface area contributed by atoms with E-state index in [1.54, 1.807) is 7.11 Å². The van der Waals surface area contributed by atoms with Gasteiger partial charge in [0.2, 0.25) is 0 Å². The summed E-state index contributed by atoms with van der Waals surface area (Å²) in [6.45, 7) is 7.26. The Morgan fingerprint density at radius 3 is 2.59 bits per heavy atom. The summed E-state index contributed by atoms with van der Waals surface area (Å²) < 4.78 is 17.3. The number of methoxy groups -OCH3 is 1. The number of hydrogen-bond donors (Lipinski definition) is 1. The van der Waals surface area contributed by atoms with Gasteiger partial charge in [0.15, 0.2) is 0 Å². The molecule has 1 saturated heterocycles. The summed E-state index contributed by atoms with van der Waals surface area (Å²) in [6, 6.07) is 4.05. The number of esters is 1. The number of benzene rings is 1. The first-order valence-corrected chi connectivity index (χ1v) is 12.9. The molecule has 4 unspecified atom stereocenters. The molecule has 0 aromatic heterocycles. The molecular weight excluding hydrogens is 430 g/mol. The van der Waals surface area contributed by atoms with Crippen LogP contribution in [0.25, 0.3) is 0 Å². The van der Waals surface area contributed by atoms with Crippen LogP contribution in [0.1, 0.15) is 93.1 Å². The van der Waals surface area contributed by atoms with E-state index in [1.807, 2.05) is 26.0 Å². The zero-order chi connectivity index (χ0) is 24.3. The maximum absolute atomic E-state index is 12.9. The van der Waals surface area contributed by atoms with E-state index in [1.165, 1.54) is 11.1 Å². The predicted octanol–water partition coefficient (Wildman–Crippen LogP) is 4.77. The number of ether oxygens (including phenoxy) is 3. The summed E-state index contributed by atoms with van der Waals surface area (Å²) in [4.78, 5) is 25.2. The molecule has 2 N–H and O–H groups in total. The highest BCUT2D eigenvalue weighted by atomic mass is 16.6. The molecule has 0 bridgehead atoms. The van der Waals surface area contributed by atoms with Crippen LogP contribution in [0.15, 0.2) is 12.1 Å². The Balaban J connectivity index is 1.43. The lowest BCUT2D eigenvalue weighted by atomic mass is 9.52. The van der Waals surface area contributed by atoms with Crippen molar-refractivity contribution in [2.75, 3.05) is 20.3 Å². The number of aryl methyl sites for hydroxylation is 1. The van der Waals surface area contributed by atoms with Crippen LogP contribution in [0.2, 0.25) is 0 Å². The van der Waals surface area contributed by atoms with Gasteiger partial charge in [-0.25, -0.2) is 0 Å². The van der Waals surface area contributed by atoms with Crippen molar-refractivity contribution in [3.8, 4) is 5.75 Å². The average Bonchev–Trinajstić information content (AvgIpc) is 3.08. The fourth-order valence-electron chi connectivity index (χ4n) is 7.80. The molecule has 4 aliphatic rings. The maximum Gasteiger partial charge on any atom is 0.312 e. The Morgan fingerprint density at radius 2 is 1.88 bits per heavy atom. The lowest BCUT2D eigenvalue weighted by Crippen LogP contribution is -2.56. The Hall–Kier alpha value is -2.08. The van der Waals surface area contributed by atoms with Crippen molar-refractivity contribution in [2.45, 2.75) is 83.7 Å². The van der Waals surface area contributed by atoms with Gasteiger partial charge >= 0.3 is 5.97 Å². The fourth-order valence-corrected chi connectivity index (χ4v) is 7.80. The molecule has 1 aromatic carbocycles. The first-order valence-electron chi connectivity index (χ1n) is 12.9. The van der Waals surface area contributed by atoms with Crippen LogP contribution < -0.4 is 10.5 Å². The molecule has 34 heavy (non-hydrogen) atoms. The molecule has 0 radical (unpaired) electrons. The summed E-state index contributed by atoms with van der Waals surface area (Å²) in [6.07, 6.45) is 8.16. The van der Waals surface area contributed by atoms with Gasteiger partial charge in [0, 0.05) is 12.5 Å². The molecule has 6 nitrogen and oxygen atoms in total. The first kappa shape index (κ1) is 23.7. The van der Waals surface area contributed by atoms with Crippen LogP contribution in [0.4, 0.5) is 0 Å². The zero-order valence-electron chi connectivity index (χ0n) is 21.1. The largest absolute Gasteiger partial charge is 0.490 e. The van der Waals surface area contributed by atoms with Crippen LogP contribution in [-0.4, -0.2) is 37.8 Å². The standard InChI is InChI=1S/C28H39NO5/c1-26(2)11-12-28(34-25(26)31)10-8-22-19-6-5-17-15-23(33-14-13-32-4)21(24(29)30)16-20(17)18(19)7-9-27(22,28)3/h15-16,18-19,22H,5-14H2,1-4H3,(H2,29,30)/t18?,19?,22?,27?,28-/m1/s1. The highest BCUT2D eigenvalue weighted by Crippen LogP contribution is 2.67. The lowest BCUT2D eigenvalue weighted by Gasteiger charge is -2.56. The third-order valence-electron chi connectivity index (χ3n) is 9.92. The fraction of sp³-hybridized carbons (Fsp3) is 0.714. The summed E-state index contributed by atoms with van der Waals surface area (Å²) in [5.41, 5.74) is 8.10. The Bertz CT molecular complexity index is 1000. The molecule has 1 spiro atoms. The molecule has 1 heterocycles. The number of primary amides is 1. The summed E-state index contributed by atoms with van der Waals surface area (Å²) in [5.74, 6) is 1.58. The molecule has 6 heteroatoms. The van der Waals surface area contributed by atoms with Crippen molar-refractivity contribution in [3.63, 3.8) is 0 Å². The van der Waals surface area contributed by atoms with Crippen molar-refractivity contribution >= 4 is 11.9 Å². The molecule has 2 saturated carbocycles. The average molecular weight is 470 g/mol. The van der Waals surface area contributed by atoms with E-state index in [4.69, 9.17) is 19.9 Å². The van der Waals surface area contributed by atoms with Crippen LogP contribution in [0, 0.1) is 22.7 Å². The third-order valence-corrected chi connectivity index (χ3v) is 9.92. The zero-order valence-corrected chi connectivity index (χ0v) is 21.1. The first-order chi connectivity index (χ1) is 16.1. The molecule has 5 atom stereocenters. The monoisotopic (exact) mass is 469 g/mol. The highest BCUT2D eigenvalue weighted by molar-refractivity contribution is 5.96. The van der Waals surface area contributed by atoms with Crippen molar-refractivity contribution in [1.82, 2.24) is 0 Å². The van der Waals surface area contributed by atoms with Gasteiger partial charge in [0.05, 0.1) is 17.6 Å². The van der Waals surface area contributed by atoms with Crippen molar-refractivity contribution < 1.29 is 23.8 Å². The number of hydrogen-bond acceptors (Lipinski definition) is 5. The third kappa shape index (κ3) is 3.47. The van der Waals surface area contributed by atoms with Crippen LogP contribution in [0.3, 0.4) is 0 Å². The molecule has 5 rings (SSSR count). The second-order valence-corrected chi connectivity index (χ2v) is 11.9. The van der Waals surface area contributed by atoms with Gasteiger partial charge in [-0.2, -0.15) is 0 Å². The smallest absolute Gasteiger partial charge is 0.312 e. The van der Waals surface area contributed by atoms with Gasteiger partial charge in [-0.3, -0.25) is 9.59 Å². The Labute approximate surface area is 202 Å². The van der Waals surface area contributed by atoms with Crippen molar-refractivity contribution in [2.24, 2.45) is 28.4 Å². The van der Waals surface area contributed by atoms with Gasteiger partial charge in [0.25, 0.3) is 5.91 Å². The number of nitrogens with two attached hydrogens (primary N) is 1. The summed E-state index contributed by atoms with van der Waals surface area (Å²) >= 11 is 0. The molecule has 1 aliphatic heterocycles. The summed E-state index contributed by atoms with van der Waals surface area (Å²) in [5, 5.41) is 0. The number of rotatable bonds is 5. The number of fused-ring (bicyclic) bond motifs is 6. The van der Waals surface area contributed by atoms with Crippen molar-refractivity contribution in [1.29, 1.82) is 0 Å². The molecular formula is C28H39NO5. The van der Waals surface area contributed by atoms with Crippen LogP contribution in [0.5, 0.6) is 5.75 Å². The second kappa shape index (κ2) is 8.25. The molecule has 1 aromatic rings. The van der Waals surface area contributed by atoms with Gasteiger partial charge in [-0.05, 0) is 106 Å². The van der Waals surface area contributed by atoms with E-state index < -0.39 is 5.91 Å². The quantitative estimate of drug-likeness (QED) is 0.496. The predicted molar refractivity (Wildman–Crippen MR) is 129 cm³/mol. The lowest BCUT2D eigenvalue weighted by molar-refractivity contribution is -0.206. The highest BCUT2D eigenvalue weighted by Gasteiger charge is 2.65. The molecule has 186 valence electrons. The van der Waals surface area contributed by atoms with E-state index in [2.05, 4.69) is 6.92 Å². The summed E-state index contributed by atoms with van der Waals surface area (Å²) in [7, 11) is 1.63. The van der Waals surface area contributed by atoms with E-state index in [0.29, 0.717) is 42.3 Å². The van der Waals surface area contributed by atoms with Gasteiger partial charge in [-0.15, -0.1) is 0 Å². The van der Waals surface area contributed by atoms with E-state index in [-0.39, 0.29) is 22.4 Å². The normalized spacial score (nSPS) is 35.8. The number of carbonyl (C=O) groups is 2. The molecule has 3 fully saturated rings. The van der Waals surface area contributed by atoms with Crippen LogP contribution in [-0.2, 0) is 20.7 Å². The van der Waals surface area contributed by atoms with E-state index >= 15 is 0 Å². The minimum absolute atomic E-state index is 0.0214. The maximum atomic E-state index is 12.9. The second-order valence-electron chi connectivity index (χ2n) is 11.9. The minimum Gasteiger partial charge on any atom is -0.490 e. The number of carbonyl (C=O) groups excluding carboxylic acids is 2. The van der Waals surface area contributed by atoms with Gasteiger partial charge < -0.3 is 19.9 Å².